The number of fused-ring (bicyclic) bond motifs is 1. The van der Waals surface area contributed by atoms with Crippen LogP contribution in [0.25, 0.3) is 0 Å². The van der Waals surface area contributed by atoms with Crippen molar-refractivity contribution < 1.29 is 14.3 Å². The molecule has 0 saturated heterocycles. The topological polar surface area (TPSA) is 46.6 Å². The maximum Gasteiger partial charge on any atom is 0.307 e. The van der Waals surface area contributed by atoms with Gasteiger partial charge in [0.2, 0.25) is 5.91 Å². The third kappa shape index (κ3) is 4.06. The van der Waals surface area contributed by atoms with Crippen LogP contribution in [0.3, 0.4) is 0 Å². The van der Waals surface area contributed by atoms with Gasteiger partial charge in [0.05, 0.1) is 20.0 Å². The van der Waals surface area contributed by atoms with Gasteiger partial charge in [0.15, 0.2) is 0 Å². The fourth-order valence-corrected chi connectivity index (χ4v) is 2.81. The maximum atomic E-state index is 12.3. The Morgan fingerprint density at radius 1 is 1.24 bits per heavy atom. The Morgan fingerprint density at radius 3 is 2.71 bits per heavy atom. The van der Waals surface area contributed by atoms with Crippen molar-refractivity contribution in [1.82, 2.24) is 4.90 Å². The number of carbonyl (C=O) groups excluding carboxylic acids is 2. The smallest absolute Gasteiger partial charge is 0.307 e. The molecule has 0 radical (unpaired) electrons. The number of rotatable bonds is 6. The summed E-state index contributed by atoms with van der Waals surface area (Å²) in [5.41, 5.74) is 3.87. The summed E-state index contributed by atoms with van der Waals surface area (Å²) >= 11 is 0. The van der Waals surface area contributed by atoms with Crippen molar-refractivity contribution in [1.29, 1.82) is 0 Å². The van der Waals surface area contributed by atoms with E-state index in [1.165, 1.54) is 24.7 Å². The molecule has 0 aliphatic heterocycles. The van der Waals surface area contributed by atoms with Gasteiger partial charge in [-0.15, -0.1) is 0 Å². The van der Waals surface area contributed by atoms with Gasteiger partial charge >= 0.3 is 5.97 Å². The number of esters is 1. The number of hydrogen-bond acceptors (Lipinski definition) is 3. The molecule has 114 valence electrons. The molecule has 0 saturated carbocycles. The van der Waals surface area contributed by atoms with E-state index in [-0.39, 0.29) is 18.3 Å². The fraction of sp³-hybridized carbons (Fsp3) is 0.529. The Hall–Kier alpha value is -1.84. The molecule has 0 N–H and O–H groups in total. The molecule has 0 unspecified atom stereocenters. The molecule has 0 bridgehead atoms. The summed E-state index contributed by atoms with van der Waals surface area (Å²) in [6.07, 6.45) is 4.15. The highest BCUT2D eigenvalue weighted by molar-refractivity contribution is 5.79. The first-order chi connectivity index (χ1) is 10.1. The average molecular weight is 289 g/mol. The molecule has 1 aromatic carbocycles. The molecular weight excluding hydrogens is 266 g/mol. The van der Waals surface area contributed by atoms with Crippen molar-refractivity contribution in [2.45, 2.75) is 39.0 Å². The number of carbonyl (C=O) groups is 2. The Bertz CT molecular complexity index is 525. The molecule has 0 fully saturated rings. The highest BCUT2D eigenvalue weighted by Gasteiger charge is 2.16. The van der Waals surface area contributed by atoms with E-state index in [1.54, 1.807) is 4.90 Å². The molecule has 4 heteroatoms. The predicted molar refractivity (Wildman–Crippen MR) is 81.1 cm³/mol. The summed E-state index contributed by atoms with van der Waals surface area (Å²) in [4.78, 5) is 25.2. The third-order valence-electron chi connectivity index (χ3n) is 4.07. The van der Waals surface area contributed by atoms with Crippen LogP contribution in [-0.2, 0) is 33.6 Å². The van der Waals surface area contributed by atoms with Crippen molar-refractivity contribution in [3.63, 3.8) is 0 Å². The van der Waals surface area contributed by atoms with Crippen molar-refractivity contribution in [3.8, 4) is 0 Å². The van der Waals surface area contributed by atoms with Crippen molar-refractivity contribution in [2.24, 2.45) is 0 Å². The first kappa shape index (κ1) is 15.5. The number of ether oxygens (including phenoxy) is 1. The number of methoxy groups -OCH3 is 1. The van der Waals surface area contributed by atoms with Gasteiger partial charge < -0.3 is 9.64 Å². The second-order valence-electron chi connectivity index (χ2n) is 5.43. The van der Waals surface area contributed by atoms with Gasteiger partial charge in [0.1, 0.15) is 0 Å². The van der Waals surface area contributed by atoms with Gasteiger partial charge in [0.25, 0.3) is 0 Å². The minimum Gasteiger partial charge on any atom is -0.469 e. The highest BCUT2D eigenvalue weighted by atomic mass is 16.5. The Kier molecular flexibility index (Phi) is 5.37. The highest BCUT2D eigenvalue weighted by Crippen LogP contribution is 2.23. The lowest BCUT2D eigenvalue weighted by atomic mass is 10.0. The minimum atomic E-state index is -0.279. The van der Waals surface area contributed by atoms with E-state index in [1.807, 2.05) is 6.92 Å². The summed E-state index contributed by atoms with van der Waals surface area (Å²) in [7, 11) is 1.37. The van der Waals surface area contributed by atoms with E-state index in [0.29, 0.717) is 19.5 Å². The SMILES string of the molecule is CCN(CCC(=O)OC)C(=O)Cc1ccc2c(c1)CCC2. The molecule has 1 aliphatic carbocycles. The average Bonchev–Trinajstić information content (AvgIpc) is 2.95. The molecule has 0 spiro atoms. The van der Waals surface area contributed by atoms with Crippen LogP contribution in [0.15, 0.2) is 18.2 Å². The van der Waals surface area contributed by atoms with E-state index in [9.17, 15) is 9.59 Å². The zero-order valence-corrected chi connectivity index (χ0v) is 12.9. The second-order valence-corrected chi connectivity index (χ2v) is 5.43. The normalized spacial score (nSPS) is 12.9. The number of amides is 1. The van der Waals surface area contributed by atoms with Gasteiger partial charge in [-0.25, -0.2) is 0 Å². The molecule has 2 rings (SSSR count). The maximum absolute atomic E-state index is 12.3. The monoisotopic (exact) mass is 289 g/mol. The third-order valence-corrected chi connectivity index (χ3v) is 4.07. The van der Waals surface area contributed by atoms with Crippen LogP contribution in [0, 0.1) is 0 Å². The van der Waals surface area contributed by atoms with Crippen LogP contribution in [0.2, 0.25) is 0 Å². The van der Waals surface area contributed by atoms with Crippen molar-refractivity contribution >= 4 is 11.9 Å². The van der Waals surface area contributed by atoms with E-state index >= 15 is 0 Å². The van der Waals surface area contributed by atoms with Gasteiger partial charge in [-0.3, -0.25) is 9.59 Å². The Labute approximate surface area is 126 Å². The van der Waals surface area contributed by atoms with Crippen molar-refractivity contribution in [2.75, 3.05) is 20.2 Å². The second kappa shape index (κ2) is 7.25. The molecule has 1 aromatic rings. The zero-order valence-electron chi connectivity index (χ0n) is 12.9. The molecule has 4 nitrogen and oxygen atoms in total. The van der Waals surface area contributed by atoms with E-state index in [0.717, 1.165) is 18.4 Å². The van der Waals surface area contributed by atoms with Crippen LogP contribution in [0.4, 0.5) is 0 Å². The van der Waals surface area contributed by atoms with Gasteiger partial charge in [0, 0.05) is 13.1 Å². The molecule has 1 amide bonds. The van der Waals surface area contributed by atoms with Gasteiger partial charge in [-0.2, -0.15) is 0 Å². The number of aryl methyl sites for hydroxylation is 2. The number of nitrogens with zero attached hydrogens (tertiary/aromatic N) is 1. The standard InChI is InChI=1S/C17H23NO3/c1-3-18(10-9-17(20)21-2)16(19)12-13-7-8-14-5-4-6-15(14)11-13/h7-8,11H,3-6,9-10,12H2,1-2H3. The van der Waals surface area contributed by atoms with E-state index in [4.69, 9.17) is 0 Å². The Morgan fingerprint density at radius 2 is 2.00 bits per heavy atom. The molecule has 0 atom stereocenters. The number of likely N-dealkylation sites (N-methyl/N-ethyl adjacent to an activating group) is 1. The Balaban J connectivity index is 1.94. The van der Waals surface area contributed by atoms with Crippen molar-refractivity contribution in [3.05, 3.63) is 34.9 Å². The van der Waals surface area contributed by atoms with Crippen LogP contribution >= 0.6 is 0 Å². The quantitative estimate of drug-likeness (QED) is 0.754. The summed E-state index contributed by atoms with van der Waals surface area (Å²) in [5, 5.41) is 0. The van der Waals surface area contributed by atoms with Crippen LogP contribution in [-0.4, -0.2) is 37.0 Å². The molecule has 0 aromatic heterocycles. The zero-order chi connectivity index (χ0) is 15.2. The van der Waals surface area contributed by atoms with Crippen LogP contribution in [0.1, 0.15) is 36.5 Å². The predicted octanol–water partition coefficient (Wildman–Crippen LogP) is 2.13. The number of hydrogen-bond donors (Lipinski definition) is 0. The molecule has 0 heterocycles. The molecule has 21 heavy (non-hydrogen) atoms. The lowest BCUT2D eigenvalue weighted by Gasteiger charge is -2.20. The summed E-state index contributed by atoms with van der Waals surface area (Å²) in [6, 6.07) is 6.36. The fourth-order valence-electron chi connectivity index (χ4n) is 2.81. The van der Waals surface area contributed by atoms with E-state index in [2.05, 4.69) is 22.9 Å². The lowest BCUT2D eigenvalue weighted by molar-refractivity contribution is -0.141. The summed E-state index contributed by atoms with van der Waals surface area (Å²) < 4.78 is 4.62. The minimum absolute atomic E-state index is 0.0688. The molecular formula is C17H23NO3. The van der Waals surface area contributed by atoms with E-state index < -0.39 is 0 Å². The number of benzene rings is 1. The van der Waals surface area contributed by atoms with Crippen LogP contribution in [0.5, 0.6) is 0 Å². The lowest BCUT2D eigenvalue weighted by Crippen LogP contribution is -2.34. The van der Waals surface area contributed by atoms with Gasteiger partial charge in [-0.1, -0.05) is 18.2 Å². The molecule has 1 aliphatic rings. The van der Waals surface area contributed by atoms with Gasteiger partial charge in [-0.05, 0) is 42.9 Å². The summed E-state index contributed by atoms with van der Waals surface area (Å²) in [5.74, 6) is -0.210. The van der Waals surface area contributed by atoms with Crippen LogP contribution < -0.4 is 0 Å². The first-order valence-corrected chi connectivity index (χ1v) is 7.59. The summed E-state index contributed by atoms with van der Waals surface area (Å²) in [6.45, 7) is 2.96. The first-order valence-electron chi connectivity index (χ1n) is 7.59. The largest absolute Gasteiger partial charge is 0.469 e.